The van der Waals surface area contributed by atoms with Crippen molar-refractivity contribution in [3.05, 3.63) is 17.6 Å². The number of hydrogen-bond donors (Lipinski definition) is 4. The number of thiol groups is 1. The van der Waals surface area contributed by atoms with Crippen LogP contribution in [0.4, 0.5) is 5.82 Å². The molecule has 1 fully saturated rings. The molecule has 1 saturated carbocycles. The van der Waals surface area contributed by atoms with Crippen LogP contribution in [0.3, 0.4) is 0 Å². The number of nitrogens with zero attached hydrogens (tertiary/aromatic N) is 2. The average Bonchev–Trinajstić information content (AvgIpc) is 2.37. The fraction of sp³-hybridized carbons (Fsp3) is 0.583. The Bertz CT molecular complexity index is 597. The van der Waals surface area contributed by atoms with E-state index in [1.807, 2.05) is 0 Å². The summed E-state index contributed by atoms with van der Waals surface area (Å²) in [5, 5.41) is 12.7. The maximum absolute atomic E-state index is 11.4. The lowest BCUT2D eigenvalue weighted by molar-refractivity contribution is 0.100. The summed E-state index contributed by atoms with van der Waals surface area (Å²) < 4.78 is 21.5. The lowest BCUT2D eigenvalue weighted by Gasteiger charge is -2.27. The second kappa shape index (κ2) is 6.81. The van der Waals surface area contributed by atoms with E-state index in [4.69, 9.17) is 5.73 Å². The number of amides is 1. The lowest BCUT2D eigenvalue weighted by atomic mass is 9.93. The van der Waals surface area contributed by atoms with Crippen molar-refractivity contribution in [2.24, 2.45) is 5.73 Å². The molecule has 0 bridgehead atoms. The molecular weight excluding hydrogens is 296 g/mol. The van der Waals surface area contributed by atoms with Gasteiger partial charge in [-0.05, 0) is 25.7 Å². The van der Waals surface area contributed by atoms with Crippen LogP contribution in [-0.4, -0.2) is 41.5 Å². The number of anilines is 1. The number of nitrogens with one attached hydrogen (secondary N) is 1. The van der Waals surface area contributed by atoms with Crippen molar-refractivity contribution in [3.63, 3.8) is 0 Å². The first-order valence-corrected chi connectivity index (χ1v) is 8.04. The van der Waals surface area contributed by atoms with E-state index in [1.165, 1.54) is 6.20 Å². The smallest absolute Gasteiger partial charge is 0.254 e. The lowest BCUT2D eigenvalue weighted by Crippen LogP contribution is -2.31. The minimum atomic E-state index is -2.65. The van der Waals surface area contributed by atoms with E-state index in [9.17, 15) is 18.3 Å². The van der Waals surface area contributed by atoms with Gasteiger partial charge >= 0.3 is 0 Å². The zero-order chi connectivity index (χ0) is 15.4. The Morgan fingerprint density at radius 2 is 2.24 bits per heavy atom. The van der Waals surface area contributed by atoms with E-state index in [0.29, 0.717) is 6.42 Å². The van der Waals surface area contributed by atoms with Gasteiger partial charge in [0.05, 0.1) is 11.7 Å². The summed E-state index contributed by atoms with van der Waals surface area (Å²) in [5.74, 6) is -0.651. The Morgan fingerprint density at radius 3 is 2.86 bits per heavy atom. The molecule has 2 rings (SSSR count). The fourth-order valence-corrected chi connectivity index (χ4v) is 2.77. The molecule has 1 aromatic rings. The Balaban J connectivity index is 2.23. The number of aromatic nitrogens is 2. The Kier molecular flexibility index (Phi) is 5.07. The Hall–Kier alpha value is -1.74. The van der Waals surface area contributed by atoms with E-state index in [0.717, 1.165) is 19.3 Å². The highest BCUT2D eigenvalue weighted by Gasteiger charge is 2.22. The van der Waals surface area contributed by atoms with Gasteiger partial charge in [-0.15, -0.1) is 0 Å². The molecule has 0 saturated heterocycles. The van der Waals surface area contributed by atoms with E-state index in [2.05, 4.69) is 15.3 Å². The van der Waals surface area contributed by atoms with Crippen molar-refractivity contribution in [3.8, 4) is 0 Å². The van der Waals surface area contributed by atoms with Crippen molar-refractivity contribution < 1.29 is 18.3 Å². The summed E-state index contributed by atoms with van der Waals surface area (Å²) in [7, 11) is -2.65. The van der Waals surface area contributed by atoms with Gasteiger partial charge in [0, 0.05) is 12.2 Å². The summed E-state index contributed by atoms with van der Waals surface area (Å²) in [4.78, 5) is 19.3. The number of rotatable bonds is 5. The maximum atomic E-state index is 11.4. The molecule has 21 heavy (non-hydrogen) atoms. The molecule has 1 heterocycles. The minimum absolute atomic E-state index is 0.0318. The highest BCUT2D eigenvalue weighted by atomic mass is 32.2. The Labute approximate surface area is 123 Å². The molecule has 1 aliphatic carbocycles. The van der Waals surface area contributed by atoms with E-state index in [-0.39, 0.29) is 35.1 Å². The minimum Gasteiger partial charge on any atom is -0.393 e. The zero-order valence-electron chi connectivity index (χ0n) is 11.4. The molecule has 2 atom stereocenters. The summed E-state index contributed by atoms with van der Waals surface area (Å²) in [6, 6.07) is -0.0318. The van der Waals surface area contributed by atoms with Crippen molar-refractivity contribution in [1.29, 1.82) is 0 Å². The number of aliphatic hydroxyl groups is 1. The molecule has 0 spiro atoms. The molecule has 0 aromatic carbocycles. The first-order valence-electron chi connectivity index (χ1n) is 6.68. The predicted molar refractivity (Wildman–Crippen MR) is 76.5 cm³/mol. The molecule has 1 amide bonds. The SMILES string of the molecule is NC(=O)c1cnc(C[SH](=O)=O)nc1N[C@@H]1CCC[C@H](O)C1. The Morgan fingerprint density at radius 1 is 1.48 bits per heavy atom. The number of carbonyl (C=O) groups is 1. The molecule has 8 nitrogen and oxygen atoms in total. The van der Waals surface area contributed by atoms with Crippen LogP contribution in [0.5, 0.6) is 0 Å². The zero-order valence-corrected chi connectivity index (χ0v) is 12.3. The van der Waals surface area contributed by atoms with Gasteiger partial charge in [0.25, 0.3) is 5.91 Å². The van der Waals surface area contributed by atoms with Crippen LogP contribution < -0.4 is 11.1 Å². The number of aliphatic hydroxyl groups excluding tert-OH is 1. The number of carbonyl (C=O) groups excluding carboxylic acids is 1. The van der Waals surface area contributed by atoms with Crippen LogP contribution in [0.15, 0.2) is 6.20 Å². The highest BCUT2D eigenvalue weighted by molar-refractivity contribution is 7.71. The normalized spacial score (nSPS) is 22.2. The summed E-state index contributed by atoms with van der Waals surface area (Å²) in [6.07, 6.45) is 3.86. The van der Waals surface area contributed by atoms with Crippen LogP contribution in [0, 0.1) is 0 Å². The van der Waals surface area contributed by atoms with Gasteiger partial charge in [0.2, 0.25) is 0 Å². The maximum Gasteiger partial charge on any atom is 0.254 e. The molecule has 0 unspecified atom stereocenters. The van der Waals surface area contributed by atoms with Gasteiger partial charge in [0.1, 0.15) is 28.1 Å². The molecule has 4 N–H and O–H groups in total. The first-order chi connectivity index (χ1) is 9.95. The molecule has 0 radical (unpaired) electrons. The molecule has 9 heteroatoms. The number of hydrogen-bond acceptors (Lipinski definition) is 7. The molecule has 1 aliphatic rings. The second-order valence-electron chi connectivity index (χ2n) is 5.07. The number of primary amides is 1. The third kappa shape index (κ3) is 4.36. The van der Waals surface area contributed by atoms with Gasteiger partial charge in [0.15, 0.2) is 0 Å². The fourth-order valence-electron chi connectivity index (χ4n) is 2.39. The summed E-state index contributed by atoms with van der Waals surface area (Å²) in [6.45, 7) is 0. The van der Waals surface area contributed by atoms with Crippen LogP contribution >= 0.6 is 0 Å². The monoisotopic (exact) mass is 314 g/mol. The van der Waals surface area contributed by atoms with Crippen LogP contribution in [0.25, 0.3) is 0 Å². The van der Waals surface area contributed by atoms with Gasteiger partial charge in [-0.25, -0.2) is 18.4 Å². The first kappa shape index (κ1) is 15.6. The largest absolute Gasteiger partial charge is 0.393 e. The van der Waals surface area contributed by atoms with Crippen LogP contribution in [-0.2, 0) is 16.5 Å². The van der Waals surface area contributed by atoms with E-state index < -0.39 is 16.6 Å². The van der Waals surface area contributed by atoms with E-state index >= 15 is 0 Å². The third-order valence-corrected chi connectivity index (χ3v) is 3.90. The van der Waals surface area contributed by atoms with Crippen molar-refractivity contribution in [2.45, 2.75) is 43.6 Å². The van der Waals surface area contributed by atoms with Crippen LogP contribution in [0.2, 0.25) is 0 Å². The van der Waals surface area contributed by atoms with Gasteiger partial charge in [-0.2, -0.15) is 0 Å². The standard InChI is InChI=1S/C12H18N4O4S/c13-11(18)9-5-14-10(6-21(19)20)16-12(9)15-7-2-1-3-8(17)4-7/h5,7-8,17,21H,1-4,6H2,(H2,13,18)(H,14,15,16)/t7-,8+/m1/s1. The third-order valence-electron chi connectivity index (χ3n) is 3.36. The predicted octanol–water partition coefficient (Wildman–Crippen LogP) is -0.598. The van der Waals surface area contributed by atoms with Gasteiger partial charge in [-0.1, -0.05) is 0 Å². The average molecular weight is 314 g/mol. The van der Waals surface area contributed by atoms with E-state index in [1.54, 1.807) is 0 Å². The van der Waals surface area contributed by atoms with Gasteiger partial charge in [-0.3, -0.25) is 4.79 Å². The molecule has 0 aliphatic heterocycles. The summed E-state index contributed by atoms with van der Waals surface area (Å²) >= 11 is 0. The van der Waals surface area contributed by atoms with Crippen molar-refractivity contribution in [2.75, 3.05) is 5.32 Å². The van der Waals surface area contributed by atoms with Gasteiger partial charge < -0.3 is 16.2 Å². The topological polar surface area (TPSA) is 135 Å². The quantitative estimate of drug-likeness (QED) is 0.533. The van der Waals surface area contributed by atoms with Crippen molar-refractivity contribution in [1.82, 2.24) is 9.97 Å². The van der Waals surface area contributed by atoms with Crippen molar-refractivity contribution >= 4 is 22.4 Å². The highest BCUT2D eigenvalue weighted by Crippen LogP contribution is 2.23. The number of nitrogens with two attached hydrogens (primary N) is 1. The molecule has 1 aromatic heterocycles. The van der Waals surface area contributed by atoms with Crippen LogP contribution in [0.1, 0.15) is 41.9 Å². The molecular formula is C12H18N4O4S. The molecule has 116 valence electrons. The summed E-state index contributed by atoms with van der Waals surface area (Å²) in [5.41, 5.74) is 5.38. The second-order valence-corrected chi connectivity index (χ2v) is 6.05.